The average Bonchev–Trinajstić information content (AvgIpc) is 3.00. The summed E-state index contributed by atoms with van der Waals surface area (Å²) in [5.74, 6) is -9.76. The van der Waals surface area contributed by atoms with Gasteiger partial charge in [0, 0.05) is 0 Å². The van der Waals surface area contributed by atoms with Gasteiger partial charge in [-0.25, -0.2) is 4.79 Å². The first kappa shape index (κ1) is 39.2. The van der Waals surface area contributed by atoms with Crippen molar-refractivity contribution >= 4 is 17.9 Å². The number of carboxylic acid groups (broad SMARTS) is 3. The Hall–Kier alpha value is -2.27. The average molecular weight is 692 g/mol. The zero-order valence-electron chi connectivity index (χ0n) is 24.4. The van der Waals surface area contributed by atoms with E-state index in [1.807, 2.05) is 0 Å². The third-order valence-corrected chi connectivity index (χ3v) is 8.52. The van der Waals surface area contributed by atoms with Crippen LogP contribution in [0.3, 0.4) is 0 Å². The quantitative estimate of drug-likeness (QED) is 0.0852. The number of rotatable bonds is 13. The molecule has 0 aromatic rings. The molecule has 17 atom stereocenters. The predicted octanol–water partition coefficient (Wildman–Crippen LogP) is -9.31. The Balaban J connectivity index is 1.94. The molecule has 3 fully saturated rings. The van der Waals surface area contributed by atoms with Gasteiger partial charge in [0.05, 0.1) is 44.4 Å². The molecule has 0 aromatic heterocycles. The van der Waals surface area contributed by atoms with Gasteiger partial charge in [-0.05, 0) is 0 Å². The first-order valence-electron chi connectivity index (χ1n) is 14.0. The lowest BCUT2D eigenvalue weighted by Crippen LogP contribution is -2.76. The zero-order valence-corrected chi connectivity index (χ0v) is 24.4. The largest absolute Gasteiger partial charge is 0.481 e. The summed E-state index contributed by atoms with van der Waals surface area (Å²) in [5.41, 5.74) is 10.7. The van der Waals surface area contributed by atoms with Gasteiger partial charge in [-0.3, -0.25) is 9.59 Å². The van der Waals surface area contributed by atoms with Crippen LogP contribution in [-0.2, 0) is 38.1 Å². The Labute approximate surface area is 264 Å². The third-order valence-electron chi connectivity index (χ3n) is 8.52. The predicted molar refractivity (Wildman–Crippen MR) is 142 cm³/mol. The number of aliphatic hydroxyl groups excluding tert-OH is 8. The van der Waals surface area contributed by atoms with Crippen LogP contribution in [0.2, 0.25) is 0 Å². The molecular weight excluding hydrogens is 650 g/mol. The summed E-state index contributed by atoms with van der Waals surface area (Å²) >= 11 is 0. The Morgan fingerprint density at radius 2 is 1.26 bits per heavy atom. The summed E-state index contributed by atoms with van der Waals surface area (Å²) in [7, 11) is 0. The molecule has 23 nitrogen and oxygen atoms in total. The maximum Gasteiger partial charge on any atom is 0.337 e. The molecule has 47 heavy (non-hydrogen) atoms. The minimum absolute atomic E-state index is 0.788. The summed E-state index contributed by atoms with van der Waals surface area (Å²) in [6, 6.07) is -4.95. The van der Waals surface area contributed by atoms with Crippen molar-refractivity contribution in [2.75, 3.05) is 19.8 Å². The van der Waals surface area contributed by atoms with Crippen LogP contribution in [0.25, 0.3) is 0 Å². The van der Waals surface area contributed by atoms with Crippen LogP contribution in [0, 0.1) is 5.92 Å². The van der Waals surface area contributed by atoms with Gasteiger partial charge in [0.15, 0.2) is 24.5 Å². The van der Waals surface area contributed by atoms with E-state index in [0.717, 1.165) is 0 Å². The topological polar surface area (TPSA) is 418 Å². The number of ether oxygens (including phenoxy) is 5. The van der Waals surface area contributed by atoms with Crippen molar-refractivity contribution in [3.8, 4) is 0 Å². The van der Waals surface area contributed by atoms with Crippen LogP contribution in [-0.4, -0.2) is 196 Å². The van der Waals surface area contributed by atoms with E-state index in [0.29, 0.717) is 0 Å². The summed E-state index contributed by atoms with van der Waals surface area (Å²) in [6.07, 6.45) is -22.3. The van der Waals surface area contributed by atoms with Gasteiger partial charge in [-0.1, -0.05) is 0 Å². The number of hydrogen-bond acceptors (Lipinski definition) is 20. The highest BCUT2D eigenvalue weighted by Crippen LogP contribution is 2.43. The molecule has 0 spiro atoms. The molecule has 18 N–H and O–H groups in total. The van der Waals surface area contributed by atoms with Crippen LogP contribution >= 0.6 is 0 Å². The van der Waals surface area contributed by atoms with E-state index in [9.17, 15) is 75.7 Å². The number of aliphatic hydroxyl groups is 9. The summed E-state index contributed by atoms with van der Waals surface area (Å²) in [4.78, 5) is 35.8. The Bertz CT molecular complexity index is 1120. The number of nitrogens with two attached hydrogens (primary N) is 3. The molecule has 3 aliphatic heterocycles. The summed E-state index contributed by atoms with van der Waals surface area (Å²) in [5, 5.41) is 123. The maximum absolute atomic E-state index is 12.4. The molecule has 0 aliphatic carbocycles. The fourth-order valence-corrected chi connectivity index (χ4v) is 5.91. The second-order valence-corrected chi connectivity index (χ2v) is 11.5. The van der Waals surface area contributed by atoms with Gasteiger partial charge < -0.3 is 102 Å². The molecule has 0 bridgehead atoms. The molecule has 272 valence electrons. The molecule has 3 heterocycles. The molecule has 4 unspecified atom stereocenters. The molecule has 3 aliphatic rings. The highest BCUT2D eigenvalue weighted by Gasteiger charge is 2.68. The standard InChI is InChI=1S/C24H41N3O20/c25-8-11(33)14(5(2-28)43-19(8)39)45-20-9(26)12(34)15(6(3-29)44-20)46-21-10(27)13(35)17(36)24(4-30,47-21)16(18(37)38)23(42,22(40)41)1-7(31)32/h5-6,8-17,19-21,28-30,33-36,39,42H,1-4,25-27H2,(H,31,32)(H,37,38)(H,40,41)/t5-,6-,8-,9-,10-,11-,12-,13-,14?,15?,16?,17+,19-,20+,21+,23?,24+/m1/s1. The smallest absolute Gasteiger partial charge is 0.337 e. The first-order valence-corrected chi connectivity index (χ1v) is 14.0. The summed E-state index contributed by atoms with van der Waals surface area (Å²) < 4.78 is 27.4. The Morgan fingerprint density at radius 1 is 0.766 bits per heavy atom. The SMILES string of the molecule is N[C@H]1[C@@H](OC2[C@@H](CO)O[C@@H](OC3[C@@H](CO)O[C@@H](O)[C@H](N)[C@H]3O)[C@H](N)[C@H]2O)O[C@@](CO)(C(C(=O)O)C(O)(CC(=O)O)C(=O)O)[C@@H](O)[C@@H]1O. The van der Waals surface area contributed by atoms with E-state index >= 15 is 0 Å². The van der Waals surface area contributed by atoms with Crippen LogP contribution < -0.4 is 17.2 Å². The van der Waals surface area contributed by atoms with Gasteiger partial charge in [0.1, 0.15) is 60.4 Å². The molecule has 0 radical (unpaired) electrons. The Kier molecular flexibility index (Phi) is 12.6. The fourth-order valence-electron chi connectivity index (χ4n) is 5.91. The molecule has 0 saturated carbocycles. The van der Waals surface area contributed by atoms with Crippen molar-refractivity contribution in [2.24, 2.45) is 23.1 Å². The zero-order chi connectivity index (χ0) is 35.8. The highest BCUT2D eigenvalue weighted by atomic mass is 16.7. The van der Waals surface area contributed by atoms with Crippen molar-refractivity contribution < 1.29 is 99.3 Å². The fraction of sp³-hybridized carbons (Fsp3) is 0.875. The van der Waals surface area contributed by atoms with Crippen molar-refractivity contribution in [1.29, 1.82) is 0 Å². The van der Waals surface area contributed by atoms with Crippen LogP contribution in [0.5, 0.6) is 0 Å². The highest BCUT2D eigenvalue weighted by molar-refractivity contribution is 5.90. The minimum Gasteiger partial charge on any atom is -0.481 e. The second kappa shape index (κ2) is 15.1. The van der Waals surface area contributed by atoms with Gasteiger partial charge >= 0.3 is 17.9 Å². The van der Waals surface area contributed by atoms with Crippen molar-refractivity contribution in [1.82, 2.24) is 0 Å². The van der Waals surface area contributed by atoms with Crippen LogP contribution in [0.15, 0.2) is 0 Å². The molecule has 0 amide bonds. The van der Waals surface area contributed by atoms with Gasteiger partial charge in [-0.2, -0.15) is 0 Å². The monoisotopic (exact) mass is 691 g/mol. The third kappa shape index (κ3) is 7.22. The van der Waals surface area contributed by atoms with E-state index < -0.39 is 147 Å². The minimum atomic E-state index is -3.78. The van der Waals surface area contributed by atoms with Crippen molar-refractivity contribution in [2.45, 2.75) is 103 Å². The molecule has 3 rings (SSSR count). The lowest BCUT2D eigenvalue weighted by atomic mass is 9.68. The lowest BCUT2D eigenvalue weighted by molar-refractivity contribution is -0.369. The van der Waals surface area contributed by atoms with Crippen molar-refractivity contribution in [3.63, 3.8) is 0 Å². The number of aliphatic carboxylic acids is 3. The first-order chi connectivity index (χ1) is 21.8. The molecule has 23 heteroatoms. The van der Waals surface area contributed by atoms with Crippen LogP contribution in [0.4, 0.5) is 0 Å². The maximum atomic E-state index is 12.4. The number of hydrogen-bond donors (Lipinski definition) is 15. The Morgan fingerprint density at radius 3 is 1.72 bits per heavy atom. The van der Waals surface area contributed by atoms with Gasteiger partial charge in [0.2, 0.25) is 0 Å². The molecular formula is C24H41N3O20. The summed E-state index contributed by atoms with van der Waals surface area (Å²) in [6.45, 7) is -3.46. The lowest BCUT2D eigenvalue weighted by Gasteiger charge is -2.54. The molecule has 3 saturated heterocycles. The van der Waals surface area contributed by atoms with Gasteiger partial charge in [-0.15, -0.1) is 0 Å². The van der Waals surface area contributed by atoms with E-state index in [1.54, 1.807) is 0 Å². The number of carbonyl (C=O) groups is 3. The van der Waals surface area contributed by atoms with Gasteiger partial charge in [0.25, 0.3) is 0 Å². The second-order valence-electron chi connectivity index (χ2n) is 11.5. The normalized spacial score (nSPS) is 44.7. The van der Waals surface area contributed by atoms with E-state index in [1.165, 1.54) is 0 Å². The number of carboxylic acids is 3. The van der Waals surface area contributed by atoms with E-state index in [-0.39, 0.29) is 0 Å². The molecule has 0 aromatic carbocycles. The van der Waals surface area contributed by atoms with E-state index in [4.69, 9.17) is 40.9 Å². The van der Waals surface area contributed by atoms with E-state index in [2.05, 4.69) is 0 Å². The van der Waals surface area contributed by atoms with Crippen LogP contribution in [0.1, 0.15) is 6.42 Å². The van der Waals surface area contributed by atoms with Crippen molar-refractivity contribution in [3.05, 3.63) is 0 Å².